The van der Waals surface area contributed by atoms with E-state index in [-0.39, 0.29) is 5.95 Å². The molecular formula is C13H19N5. The SMILES string of the molecule is Nc1nnc(C2C3CC4CC(C3)CC2C4)c(N)n1. The highest BCUT2D eigenvalue weighted by molar-refractivity contribution is 5.40. The molecule has 96 valence electrons. The fourth-order valence-corrected chi connectivity index (χ4v) is 4.97. The fraction of sp³-hybridized carbons (Fsp3) is 0.769. The van der Waals surface area contributed by atoms with E-state index in [2.05, 4.69) is 15.2 Å². The van der Waals surface area contributed by atoms with Crippen molar-refractivity contribution in [1.82, 2.24) is 15.2 Å². The van der Waals surface area contributed by atoms with Gasteiger partial charge in [-0.05, 0) is 55.8 Å². The highest BCUT2D eigenvalue weighted by Gasteiger charge is 2.49. The quantitative estimate of drug-likeness (QED) is 0.783. The van der Waals surface area contributed by atoms with E-state index in [1.54, 1.807) is 0 Å². The molecule has 5 rings (SSSR count). The van der Waals surface area contributed by atoms with Crippen molar-refractivity contribution in [2.75, 3.05) is 11.5 Å². The Bertz CT molecular complexity index is 458. The zero-order valence-electron chi connectivity index (χ0n) is 10.4. The van der Waals surface area contributed by atoms with E-state index in [4.69, 9.17) is 11.5 Å². The molecule has 5 heteroatoms. The minimum Gasteiger partial charge on any atom is -0.382 e. The molecule has 4 bridgehead atoms. The van der Waals surface area contributed by atoms with Crippen LogP contribution in [-0.2, 0) is 0 Å². The van der Waals surface area contributed by atoms with Gasteiger partial charge >= 0.3 is 0 Å². The lowest BCUT2D eigenvalue weighted by Crippen LogP contribution is -2.44. The van der Waals surface area contributed by atoms with Gasteiger partial charge in [-0.3, -0.25) is 0 Å². The molecule has 0 atom stereocenters. The predicted molar refractivity (Wildman–Crippen MR) is 68.4 cm³/mol. The molecule has 5 nitrogen and oxygen atoms in total. The van der Waals surface area contributed by atoms with Gasteiger partial charge < -0.3 is 11.5 Å². The van der Waals surface area contributed by atoms with Crippen LogP contribution in [0.25, 0.3) is 0 Å². The minimum absolute atomic E-state index is 0.181. The van der Waals surface area contributed by atoms with E-state index in [9.17, 15) is 0 Å². The zero-order chi connectivity index (χ0) is 12.3. The highest BCUT2D eigenvalue weighted by Crippen LogP contribution is 2.59. The lowest BCUT2D eigenvalue weighted by Gasteiger charge is -2.54. The predicted octanol–water partition coefficient (Wildman–Crippen LogP) is 1.58. The first-order valence-electron chi connectivity index (χ1n) is 6.96. The third kappa shape index (κ3) is 1.42. The third-order valence-electron chi connectivity index (χ3n) is 5.30. The summed E-state index contributed by atoms with van der Waals surface area (Å²) in [5.41, 5.74) is 12.5. The van der Waals surface area contributed by atoms with Crippen LogP contribution in [0, 0.1) is 23.7 Å². The molecule has 1 heterocycles. The number of anilines is 2. The van der Waals surface area contributed by atoms with E-state index in [1.807, 2.05) is 0 Å². The van der Waals surface area contributed by atoms with Crippen LogP contribution in [0.15, 0.2) is 0 Å². The number of nitrogens with zero attached hydrogens (tertiary/aromatic N) is 3. The van der Waals surface area contributed by atoms with Crippen LogP contribution >= 0.6 is 0 Å². The zero-order valence-corrected chi connectivity index (χ0v) is 10.4. The van der Waals surface area contributed by atoms with Gasteiger partial charge in [-0.25, -0.2) is 0 Å². The Hall–Kier alpha value is -1.39. The van der Waals surface area contributed by atoms with Gasteiger partial charge in [0.1, 0.15) is 5.69 Å². The van der Waals surface area contributed by atoms with Crippen LogP contribution in [0.3, 0.4) is 0 Å². The molecule has 4 aliphatic rings. The maximum Gasteiger partial charge on any atom is 0.242 e. The normalized spacial score (nSPS) is 41.2. The molecule has 4 fully saturated rings. The summed E-state index contributed by atoms with van der Waals surface area (Å²) in [5.74, 6) is 4.59. The van der Waals surface area contributed by atoms with Crippen LogP contribution < -0.4 is 11.5 Å². The largest absolute Gasteiger partial charge is 0.382 e. The Morgan fingerprint density at radius 2 is 1.44 bits per heavy atom. The standard InChI is InChI=1S/C13H19N5/c14-12-11(17-18-13(15)16-12)10-8-2-6-1-7(4-8)5-9(10)3-6/h6-10H,1-5H2,(H4,14,15,16,18). The van der Waals surface area contributed by atoms with Crippen molar-refractivity contribution >= 4 is 11.8 Å². The average molecular weight is 245 g/mol. The van der Waals surface area contributed by atoms with Gasteiger partial charge in [-0.2, -0.15) is 4.98 Å². The molecular weight excluding hydrogens is 226 g/mol. The van der Waals surface area contributed by atoms with Gasteiger partial charge in [-0.1, -0.05) is 0 Å². The first-order chi connectivity index (χ1) is 8.70. The van der Waals surface area contributed by atoms with Gasteiger partial charge in [0.25, 0.3) is 0 Å². The first-order valence-corrected chi connectivity index (χ1v) is 6.96. The van der Waals surface area contributed by atoms with E-state index >= 15 is 0 Å². The van der Waals surface area contributed by atoms with Crippen molar-refractivity contribution in [3.8, 4) is 0 Å². The van der Waals surface area contributed by atoms with E-state index < -0.39 is 0 Å². The topological polar surface area (TPSA) is 90.7 Å². The monoisotopic (exact) mass is 245 g/mol. The number of hydrogen-bond donors (Lipinski definition) is 2. The summed E-state index contributed by atoms with van der Waals surface area (Å²) >= 11 is 0. The summed E-state index contributed by atoms with van der Waals surface area (Å²) in [4.78, 5) is 4.09. The summed E-state index contributed by atoms with van der Waals surface area (Å²) in [6, 6.07) is 0. The summed E-state index contributed by atoms with van der Waals surface area (Å²) in [7, 11) is 0. The van der Waals surface area contributed by atoms with Gasteiger partial charge in [-0.15, -0.1) is 10.2 Å². The van der Waals surface area contributed by atoms with Crippen LogP contribution in [-0.4, -0.2) is 15.2 Å². The Labute approximate surface area is 106 Å². The number of nitrogens with two attached hydrogens (primary N) is 2. The average Bonchev–Trinajstić information content (AvgIpc) is 2.30. The summed E-state index contributed by atoms with van der Waals surface area (Å²) in [6.45, 7) is 0. The van der Waals surface area contributed by atoms with Crippen LogP contribution in [0.1, 0.15) is 43.7 Å². The van der Waals surface area contributed by atoms with Crippen molar-refractivity contribution < 1.29 is 0 Å². The molecule has 4 aliphatic carbocycles. The van der Waals surface area contributed by atoms with Crippen LogP contribution in [0.4, 0.5) is 11.8 Å². The Balaban J connectivity index is 1.72. The molecule has 0 unspecified atom stereocenters. The van der Waals surface area contributed by atoms with Gasteiger partial charge in [0.2, 0.25) is 5.95 Å². The number of aromatic nitrogens is 3. The van der Waals surface area contributed by atoms with E-state index in [0.717, 1.165) is 29.4 Å². The molecule has 0 radical (unpaired) electrons. The maximum atomic E-state index is 6.01. The first kappa shape index (κ1) is 10.5. The second-order valence-corrected chi connectivity index (χ2v) is 6.40. The number of rotatable bonds is 1. The Morgan fingerprint density at radius 3 is 2.00 bits per heavy atom. The summed E-state index contributed by atoms with van der Waals surface area (Å²) in [6.07, 6.45) is 6.86. The van der Waals surface area contributed by atoms with Crippen molar-refractivity contribution in [3.05, 3.63) is 5.69 Å². The highest BCUT2D eigenvalue weighted by atomic mass is 15.2. The minimum atomic E-state index is 0.181. The van der Waals surface area contributed by atoms with Gasteiger partial charge in [0.05, 0.1) is 0 Å². The van der Waals surface area contributed by atoms with Gasteiger partial charge in [0, 0.05) is 5.92 Å². The number of nitrogen functional groups attached to an aromatic ring is 2. The second-order valence-electron chi connectivity index (χ2n) is 6.40. The fourth-order valence-electron chi connectivity index (χ4n) is 4.97. The number of hydrogen-bond acceptors (Lipinski definition) is 5. The third-order valence-corrected chi connectivity index (χ3v) is 5.30. The lowest BCUT2D eigenvalue weighted by atomic mass is 9.51. The lowest BCUT2D eigenvalue weighted by molar-refractivity contribution is -0.00426. The van der Waals surface area contributed by atoms with Crippen molar-refractivity contribution in [3.63, 3.8) is 0 Å². The molecule has 18 heavy (non-hydrogen) atoms. The molecule has 1 aromatic heterocycles. The molecule has 4 N–H and O–H groups in total. The Morgan fingerprint density at radius 1 is 0.833 bits per heavy atom. The van der Waals surface area contributed by atoms with Gasteiger partial charge in [0.15, 0.2) is 5.82 Å². The molecule has 4 saturated carbocycles. The maximum absolute atomic E-state index is 6.01. The summed E-state index contributed by atoms with van der Waals surface area (Å²) in [5, 5.41) is 8.17. The molecule has 1 aromatic rings. The molecule has 0 aromatic carbocycles. The van der Waals surface area contributed by atoms with Crippen LogP contribution in [0.2, 0.25) is 0 Å². The second kappa shape index (κ2) is 3.56. The molecule has 0 amide bonds. The summed E-state index contributed by atoms with van der Waals surface area (Å²) < 4.78 is 0. The van der Waals surface area contributed by atoms with E-state index in [0.29, 0.717) is 11.7 Å². The smallest absolute Gasteiger partial charge is 0.242 e. The van der Waals surface area contributed by atoms with E-state index in [1.165, 1.54) is 32.1 Å². The molecule has 0 aliphatic heterocycles. The van der Waals surface area contributed by atoms with Crippen molar-refractivity contribution in [1.29, 1.82) is 0 Å². The van der Waals surface area contributed by atoms with Crippen LogP contribution in [0.5, 0.6) is 0 Å². The Kier molecular flexibility index (Phi) is 2.08. The molecule has 0 spiro atoms. The van der Waals surface area contributed by atoms with Crippen molar-refractivity contribution in [2.45, 2.75) is 38.0 Å². The van der Waals surface area contributed by atoms with Crippen molar-refractivity contribution in [2.24, 2.45) is 23.7 Å². The molecule has 0 saturated heterocycles.